The summed E-state index contributed by atoms with van der Waals surface area (Å²) in [5.41, 5.74) is 0.486. The molecule has 0 heterocycles. The molecule has 0 spiro atoms. The van der Waals surface area contributed by atoms with Crippen LogP contribution in [0.15, 0.2) is 18.2 Å². The standard InChI is InChI=1S/C13H17Cl2NO2/c1-9(5-6-14)8-16-13(17)11-4-3-10(15)7-12(11)18-2/h3-4,7,9H,5-6,8H2,1-2H3,(H,16,17). The Morgan fingerprint density at radius 1 is 1.50 bits per heavy atom. The van der Waals surface area contributed by atoms with Gasteiger partial charge in [0.2, 0.25) is 0 Å². The third-order valence-corrected chi connectivity index (χ3v) is 3.07. The van der Waals surface area contributed by atoms with Crippen LogP contribution in [0.1, 0.15) is 23.7 Å². The quantitative estimate of drug-likeness (QED) is 0.816. The van der Waals surface area contributed by atoms with Crippen LogP contribution in [0.5, 0.6) is 5.75 Å². The average molecular weight is 290 g/mol. The first-order valence-electron chi connectivity index (χ1n) is 5.76. The van der Waals surface area contributed by atoms with Gasteiger partial charge in [-0.05, 0) is 30.5 Å². The number of alkyl halides is 1. The van der Waals surface area contributed by atoms with E-state index in [1.807, 2.05) is 6.92 Å². The molecule has 5 heteroatoms. The highest BCUT2D eigenvalue weighted by atomic mass is 35.5. The summed E-state index contributed by atoms with van der Waals surface area (Å²) < 4.78 is 5.14. The normalized spacial score (nSPS) is 12.0. The molecule has 18 heavy (non-hydrogen) atoms. The molecule has 0 aliphatic rings. The van der Waals surface area contributed by atoms with Crippen molar-refractivity contribution in [2.75, 3.05) is 19.5 Å². The van der Waals surface area contributed by atoms with E-state index in [-0.39, 0.29) is 5.91 Å². The Bertz CT molecular complexity index is 410. The molecule has 0 aliphatic heterocycles. The van der Waals surface area contributed by atoms with Gasteiger partial charge in [-0.25, -0.2) is 0 Å². The second kappa shape index (κ2) is 7.49. The number of halogens is 2. The first-order valence-corrected chi connectivity index (χ1v) is 6.67. The molecule has 100 valence electrons. The summed E-state index contributed by atoms with van der Waals surface area (Å²) in [5, 5.41) is 3.40. The molecular formula is C13H17Cl2NO2. The molecule has 0 radical (unpaired) electrons. The van der Waals surface area contributed by atoms with Gasteiger partial charge < -0.3 is 10.1 Å². The van der Waals surface area contributed by atoms with E-state index in [0.29, 0.717) is 34.7 Å². The molecule has 1 rings (SSSR count). The van der Waals surface area contributed by atoms with Crippen LogP contribution in [0.3, 0.4) is 0 Å². The van der Waals surface area contributed by atoms with Crippen molar-refractivity contribution in [1.82, 2.24) is 5.32 Å². The fourth-order valence-electron chi connectivity index (χ4n) is 1.50. The van der Waals surface area contributed by atoms with Crippen LogP contribution in [-0.2, 0) is 0 Å². The van der Waals surface area contributed by atoms with Gasteiger partial charge in [0, 0.05) is 17.4 Å². The van der Waals surface area contributed by atoms with Crippen molar-refractivity contribution in [1.29, 1.82) is 0 Å². The molecule has 0 aliphatic carbocycles. The van der Waals surface area contributed by atoms with E-state index >= 15 is 0 Å². The number of ether oxygens (including phenoxy) is 1. The maximum Gasteiger partial charge on any atom is 0.255 e. The molecule has 0 bridgehead atoms. The Labute approximate surface area is 117 Å². The van der Waals surface area contributed by atoms with Gasteiger partial charge in [-0.2, -0.15) is 0 Å². The number of methoxy groups -OCH3 is 1. The van der Waals surface area contributed by atoms with Crippen LogP contribution in [0.25, 0.3) is 0 Å². The zero-order valence-corrected chi connectivity index (χ0v) is 12.0. The molecule has 1 unspecified atom stereocenters. The third kappa shape index (κ3) is 4.39. The lowest BCUT2D eigenvalue weighted by Crippen LogP contribution is -2.28. The Morgan fingerprint density at radius 3 is 2.83 bits per heavy atom. The second-order valence-corrected chi connectivity index (χ2v) is 4.95. The van der Waals surface area contributed by atoms with Gasteiger partial charge in [0.05, 0.1) is 12.7 Å². The summed E-state index contributed by atoms with van der Waals surface area (Å²) in [6.45, 7) is 2.64. The van der Waals surface area contributed by atoms with Crippen molar-refractivity contribution >= 4 is 29.1 Å². The van der Waals surface area contributed by atoms with E-state index in [4.69, 9.17) is 27.9 Å². The van der Waals surface area contributed by atoms with Crippen molar-refractivity contribution in [3.05, 3.63) is 28.8 Å². The Morgan fingerprint density at radius 2 is 2.22 bits per heavy atom. The molecule has 1 amide bonds. The third-order valence-electron chi connectivity index (χ3n) is 2.62. The minimum atomic E-state index is -0.162. The summed E-state index contributed by atoms with van der Waals surface area (Å²) in [4.78, 5) is 12.0. The van der Waals surface area contributed by atoms with Crippen molar-refractivity contribution in [3.63, 3.8) is 0 Å². The topological polar surface area (TPSA) is 38.3 Å². The van der Waals surface area contributed by atoms with Crippen LogP contribution in [0.4, 0.5) is 0 Å². The van der Waals surface area contributed by atoms with Crippen molar-refractivity contribution in [2.24, 2.45) is 5.92 Å². The maximum atomic E-state index is 12.0. The Balaban J connectivity index is 2.66. The van der Waals surface area contributed by atoms with E-state index in [2.05, 4.69) is 5.32 Å². The van der Waals surface area contributed by atoms with Crippen LogP contribution >= 0.6 is 23.2 Å². The Hall–Kier alpha value is -0.930. The van der Waals surface area contributed by atoms with Gasteiger partial charge in [0.15, 0.2) is 0 Å². The zero-order valence-electron chi connectivity index (χ0n) is 10.5. The molecule has 1 atom stereocenters. The molecule has 3 nitrogen and oxygen atoms in total. The van der Waals surface area contributed by atoms with Crippen molar-refractivity contribution in [3.8, 4) is 5.75 Å². The minimum absolute atomic E-state index is 0.162. The lowest BCUT2D eigenvalue weighted by atomic mass is 10.1. The number of hydrogen-bond donors (Lipinski definition) is 1. The number of hydrogen-bond acceptors (Lipinski definition) is 2. The zero-order chi connectivity index (χ0) is 13.5. The Kier molecular flexibility index (Phi) is 6.30. The first-order chi connectivity index (χ1) is 8.58. The molecule has 1 N–H and O–H groups in total. The molecule has 1 aromatic carbocycles. The summed E-state index contributed by atoms with van der Waals surface area (Å²) in [5.74, 6) is 1.26. The number of benzene rings is 1. The number of carbonyl (C=O) groups is 1. The van der Waals surface area contributed by atoms with Crippen molar-refractivity contribution < 1.29 is 9.53 Å². The first kappa shape index (κ1) is 15.1. The van der Waals surface area contributed by atoms with Gasteiger partial charge in [-0.15, -0.1) is 11.6 Å². The van der Waals surface area contributed by atoms with E-state index in [1.54, 1.807) is 18.2 Å². The van der Waals surface area contributed by atoms with Crippen LogP contribution < -0.4 is 10.1 Å². The fourth-order valence-corrected chi connectivity index (χ4v) is 2.04. The van der Waals surface area contributed by atoms with Gasteiger partial charge in [0.1, 0.15) is 5.75 Å². The smallest absolute Gasteiger partial charge is 0.255 e. The summed E-state index contributed by atoms with van der Waals surface area (Å²) >= 11 is 11.5. The van der Waals surface area contributed by atoms with Gasteiger partial charge in [0.25, 0.3) is 5.91 Å². The lowest BCUT2D eigenvalue weighted by molar-refractivity contribution is 0.0945. The van der Waals surface area contributed by atoms with Gasteiger partial charge in [-0.1, -0.05) is 18.5 Å². The maximum absolute atomic E-state index is 12.0. The SMILES string of the molecule is COc1cc(Cl)ccc1C(=O)NCC(C)CCCl. The summed E-state index contributed by atoms with van der Waals surface area (Å²) in [6, 6.07) is 4.95. The fraction of sp³-hybridized carbons (Fsp3) is 0.462. The van der Waals surface area contributed by atoms with E-state index < -0.39 is 0 Å². The molecule has 0 saturated heterocycles. The lowest BCUT2D eigenvalue weighted by Gasteiger charge is -2.13. The van der Waals surface area contributed by atoms with E-state index in [1.165, 1.54) is 7.11 Å². The van der Waals surface area contributed by atoms with E-state index in [9.17, 15) is 4.79 Å². The molecule has 0 fully saturated rings. The monoisotopic (exact) mass is 289 g/mol. The van der Waals surface area contributed by atoms with Gasteiger partial charge in [-0.3, -0.25) is 4.79 Å². The predicted molar refractivity (Wildman–Crippen MR) is 74.8 cm³/mol. The van der Waals surface area contributed by atoms with Crippen LogP contribution in [-0.4, -0.2) is 25.4 Å². The van der Waals surface area contributed by atoms with E-state index in [0.717, 1.165) is 6.42 Å². The number of nitrogens with one attached hydrogen (secondary N) is 1. The average Bonchev–Trinajstić information content (AvgIpc) is 2.36. The minimum Gasteiger partial charge on any atom is -0.496 e. The highest BCUT2D eigenvalue weighted by Crippen LogP contribution is 2.22. The second-order valence-electron chi connectivity index (χ2n) is 4.14. The van der Waals surface area contributed by atoms with Crippen LogP contribution in [0.2, 0.25) is 5.02 Å². The number of rotatable bonds is 6. The highest BCUT2D eigenvalue weighted by Gasteiger charge is 2.13. The summed E-state index contributed by atoms with van der Waals surface area (Å²) in [7, 11) is 1.51. The van der Waals surface area contributed by atoms with Crippen LogP contribution in [0, 0.1) is 5.92 Å². The summed E-state index contributed by atoms with van der Waals surface area (Å²) in [6.07, 6.45) is 0.875. The predicted octanol–water partition coefficient (Wildman–Crippen LogP) is 3.34. The molecule has 0 aromatic heterocycles. The highest BCUT2D eigenvalue weighted by molar-refractivity contribution is 6.30. The van der Waals surface area contributed by atoms with Crippen molar-refractivity contribution in [2.45, 2.75) is 13.3 Å². The van der Waals surface area contributed by atoms with Gasteiger partial charge >= 0.3 is 0 Å². The molecular weight excluding hydrogens is 273 g/mol. The largest absolute Gasteiger partial charge is 0.496 e. The number of carbonyl (C=O) groups excluding carboxylic acids is 1. The molecule has 0 saturated carbocycles. The number of amides is 1. The molecule has 1 aromatic rings.